The van der Waals surface area contributed by atoms with Crippen LogP contribution in [-0.2, 0) is 4.79 Å². The highest BCUT2D eigenvalue weighted by molar-refractivity contribution is 5.77. The molecule has 2 nitrogen and oxygen atoms in total. The van der Waals surface area contributed by atoms with Crippen LogP contribution in [0.25, 0.3) is 0 Å². The van der Waals surface area contributed by atoms with Crippen molar-refractivity contribution < 1.29 is 4.79 Å². The van der Waals surface area contributed by atoms with Crippen LogP contribution in [0, 0.1) is 0 Å². The second-order valence-electron chi connectivity index (χ2n) is 3.31. The van der Waals surface area contributed by atoms with Gasteiger partial charge in [0.05, 0.1) is 6.54 Å². The summed E-state index contributed by atoms with van der Waals surface area (Å²) in [5.41, 5.74) is 0.0612. The number of Topliss-reactive ketones (excluding diaryl/α,β-unsaturated/α-hetero) is 1. The van der Waals surface area contributed by atoms with E-state index in [1.54, 1.807) is 6.92 Å². The van der Waals surface area contributed by atoms with Gasteiger partial charge in [-0.3, -0.25) is 4.79 Å². The molecule has 2 heteroatoms. The Morgan fingerprint density at radius 2 is 1.89 bits per heavy atom. The monoisotopic (exact) mass is 129 g/mol. The topological polar surface area (TPSA) is 29.1 Å². The Labute approximate surface area is 56.6 Å². The zero-order valence-electron chi connectivity index (χ0n) is 6.62. The Morgan fingerprint density at radius 3 is 2.00 bits per heavy atom. The quantitative estimate of drug-likeness (QED) is 0.601. The Bertz CT molecular complexity index is 102. The second-order valence-corrected chi connectivity index (χ2v) is 3.31. The lowest BCUT2D eigenvalue weighted by molar-refractivity contribution is -0.116. The molecule has 0 amide bonds. The molecule has 0 fully saturated rings. The van der Waals surface area contributed by atoms with Crippen molar-refractivity contribution in [3.05, 3.63) is 0 Å². The van der Waals surface area contributed by atoms with Crippen LogP contribution in [0.5, 0.6) is 0 Å². The minimum atomic E-state index is 0.0612. The average Bonchev–Trinajstić information content (AvgIpc) is 1.59. The van der Waals surface area contributed by atoms with Crippen molar-refractivity contribution in [2.75, 3.05) is 6.54 Å². The zero-order chi connectivity index (χ0) is 7.49. The van der Waals surface area contributed by atoms with E-state index in [2.05, 4.69) is 5.32 Å². The Morgan fingerprint density at radius 1 is 1.44 bits per heavy atom. The van der Waals surface area contributed by atoms with Crippen LogP contribution in [0.4, 0.5) is 0 Å². The normalized spacial score (nSPS) is 11.6. The Balaban J connectivity index is 3.39. The van der Waals surface area contributed by atoms with Gasteiger partial charge in [0.25, 0.3) is 0 Å². The summed E-state index contributed by atoms with van der Waals surface area (Å²) < 4.78 is 0. The molecule has 1 N–H and O–H groups in total. The highest BCUT2D eigenvalue weighted by atomic mass is 16.1. The molecule has 0 saturated heterocycles. The molecule has 0 aromatic rings. The van der Waals surface area contributed by atoms with Gasteiger partial charge in [-0.1, -0.05) is 0 Å². The van der Waals surface area contributed by atoms with Gasteiger partial charge >= 0.3 is 0 Å². The lowest BCUT2D eigenvalue weighted by atomic mass is 10.1. The maximum absolute atomic E-state index is 10.4. The molecular weight excluding hydrogens is 114 g/mol. The van der Waals surface area contributed by atoms with Crippen molar-refractivity contribution in [3.8, 4) is 0 Å². The third-order valence-electron chi connectivity index (χ3n) is 0.868. The molecule has 0 rings (SSSR count). The molecule has 0 aromatic carbocycles. The van der Waals surface area contributed by atoms with Crippen molar-refractivity contribution in [3.63, 3.8) is 0 Å². The standard InChI is InChI=1S/C7H15NO/c1-6(9)5-8-7(2,3)4/h8H,5H2,1-4H3. The number of carbonyl (C=O) groups excluding carboxylic acids is 1. The lowest BCUT2D eigenvalue weighted by Crippen LogP contribution is -2.38. The van der Waals surface area contributed by atoms with E-state index in [1.165, 1.54) is 0 Å². The number of hydrogen-bond acceptors (Lipinski definition) is 2. The first kappa shape index (κ1) is 8.63. The molecule has 0 heterocycles. The summed E-state index contributed by atoms with van der Waals surface area (Å²) in [5, 5.41) is 3.07. The van der Waals surface area contributed by atoms with E-state index in [4.69, 9.17) is 0 Å². The largest absolute Gasteiger partial charge is 0.305 e. The van der Waals surface area contributed by atoms with Crippen molar-refractivity contribution in [1.29, 1.82) is 0 Å². The molecular formula is C7H15NO. The first-order valence-corrected chi connectivity index (χ1v) is 3.16. The highest BCUT2D eigenvalue weighted by Crippen LogP contribution is 1.96. The summed E-state index contributed by atoms with van der Waals surface area (Å²) >= 11 is 0. The summed E-state index contributed by atoms with van der Waals surface area (Å²) in [6, 6.07) is 0. The maximum Gasteiger partial charge on any atom is 0.143 e. The molecule has 0 atom stereocenters. The van der Waals surface area contributed by atoms with Crippen LogP contribution in [0.15, 0.2) is 0 Å². The lowest BCUT2D eigenvalue weighted by Gasteiger charge is -2.18. The van der Waals surface area contributed by atoms with E-state index < -0.39 is 0 Å². The summed E-state index contributed by atoms with van der Waals surface area (Å²) in [7, 11) is 0. The van der Waals surface area contributed by atoms with Crippen molar-refractivity contribution in [2.45, 2.75) is 33.2 Å². The maximum atomic E-state index is 10.4. The third-order valence-corrected chi connectivity index (χ3v) is 0.868. The minimum Gasteiger partial charge on any atom is -0.305 e. The number of carbonyl (C=O) groups is 1. The number of ketones is 1. The van der Waals surface area contributed by atoms with Gasteiger partial charge in [-0.25, -0.2) is 0 Å². The number of hydrogen-bond donors (Lipinski definition) is 1. The fraction of sp³-hybridized carbons (Fsp3) is 0.857. The van der Waals surface area contributed by atoms with Crippen molar-refractivity contribution >= 4 is 5.78 Å². The van der Waals surface area contributed by atoms with Crippen LogP contribution in [0.2, 0.25) is 0 Å². The van der Waals surface area contributed by atoms with Gasteiger partial charge in [-0.05, 0) is 27.7 Å². The molecule has 0 aliphatic carbocycles. The fourth-order valence-electron chi connectivity index (χ4n) is 0.390. The molecule has 54 valence electrons. The Kier molecular flexibility index (Phi) is 2.85. The summed E-state index contributed by atoms with van der Waals surface area (Å²) in [4.78, 5) is 10.4. The Hall–Kier alpha value is -0.370. The molecule has 0 bridgehead atoms. The van der Waals surface area contributed by atoms with Crippen LogP contribution < -0.4 is 5.32 Å². The zero-order valence-corrected chi connectivity index (χ0v) is 6.62. The third kappa shape index (κ3) is 7.63. The van der Waals surface area contributed by atoms with E-state index in [0.29, 0.717) is 6.54 Å². The molecule has 0 saturated carbocycles. The van der Waals surface area contributed by atoms with Crippen LogP contribution >= 0.6 is 0 Å². The summed E-state index contributed by atoms with van der Waals surface area (Å²) in [6.07, 6.45) is 0. The van der Waals surface area contributed by atoms with Gasteiger partial charge in [0, 0.05) is 5.54 Å². The van der Waals surface area contributed by atoms with E-state index in [0.717, 1.165) is 0 Å². The van der Waals surface area contributed by atoms with Gasteiger partial charge < -0.3 is 5.32 Å². The summed E-state index contributed by atoms with van der Waals surface area (Å²) in [5.74, 6) is 0.185. The molecule has 0 spiro atoms. The van der Waals surface area contributed by atoms with Crippen LogP contribution in [-0.4, -0.2) is 17.9 Å². The van der Waals surface area contributed by atoms with Gasteiger partial charge in [-0.2, -0.15) is 0 Å². The highest BCUT2D eigenvalue weighted by Gasteiger charge is 2.08. The van der Waals surface area contributed by atoms with E-state index in [9.17, 15) is 4.79 Å². The van der Waals surface area contributed by atoms with Crippen LogP contribution in [0.1, 0.15) is 27.7 Å². The molecule has 0 aromatic heterocycles. The number of nitrogens with one attached hydrogen (secondary N) is 1. The predicted molar refractivity (Wildman–Crippen MR) is 38.4 cm³/mol. The average molecular weight is 129 g/mol. The molecule has 0 unspecified atom stereocenters. The molecule has 0 aliphatic rings. The molecule has 9 heavy (non-hydrogen) atoms. The molecule has 0 radical (unpaired) electrons. The van der Waals surface area contributed by atoms with Gasteiger partial charge in [0.15, 0.2) is 0 Å². The van der Waals surface area contributed by atoms with Gasteiger partial charge in [-0.15, -0.1) is 0 Å². The number of rotatable bonds is 2. The van der Waals surface area contributed by atoms with Crippen LogP contribution in [0.3, 0.4) is 0 Å². The summed E-state index contributed by atoms with van der Waals surface area (Å²) in [6.45, 7) is 8.17. The SMILES string of the molecule is CC(=O)CNC(C)(C)C. The van der Waals surface area contributed by atoms with Crippen molar-refractivity contribution in [2.24, 2.45) is 0 Å². The van der Waals surface area contributed by atoms with Gasteiger partial charge in [0.1, 0.15) is 5.78 Å². The first-order valence-electron chi connectivity index (χ1n) is 3.16. The smallest absolute Gasteiger partial charge is 0.143 e. The van der Waals surface area contributed by atoms with E-state index in [1.807, 2.05) is 20.8 Å². The minimum absolute atomic E-state index is 0.0612. The van der Waals surface area contributed by atoms with E-state index in [-0.39, 0.29) is 11.3 Å². The first-order chi connectivity index (χ1) is 3.92. The van der Waals surface area contributed by atoms with Gasteiger partial charge in [0.2, 0.25) is 0 Å². The van der Waals surface area contributed by atoms with E-state index >= 15 is 0 Å². The van der Waals surface area contributed by atoms with Crippen molar-refractivity contribution in [1.82, 2.24) is 5.32 Å². The predicted octanol–water partition coefficient (Wildman–Crippen LogP) is 0.964. The molecule has 0 aliphatic heterocycles. The fourth-order valence-corrected chi connectivity index (χ4v) is 0.390. The second kappa shape index (κ2) is 2.97.